The lowest BCUT2D eigenvalue weighted by atomic mass is 9.82. The fourth-order valence-electron chi connectivity index (χ4n) is 6.57. The van der Waals surface area contributed by atoms with Gasteiger partial charge in [0.25, 0.3) is 0 Å². The van der Waals surface area contributed by atoms with E-state index >= 15 is 8.78 Å². The summed E-state index contributed by atoms with van der Waals surface area (Å²) in [5, 5.41) is 4.92. The van der Waals surface area contributed by atoms with Crippen LogP contribution in [0, 0.1) is 29.1 Å². The van der Waals surface area contributed by atoms with E-state index in [0.29, 0.717) is 27.8 Å². The third-order valence-electron chi connectivity index (χ3n) is 8.84. The first-order valence-electron chi connectivity index (χ1n) is 15.0. The fraction of sp³-hybridized carbons (Fsp3) is 0.0500. The molecule has 48 heavy (non-hydrogen) atoms. The Balaban J connectivity index is 1.48. The number of benzene rings is 7. The second-order valence-corrected chi connectivity index (χ2v) is 11.4. The first-order chi connectivity index (χ1) is 23.3. The zero-order valence-electron chi connectivity index (χ0n) is 25.2. The molecule has 1 aliphatic heterocycles. The van der Waals surface area contributed by atoms with Gasteiger partial charge in [-0.05, 0) is 57.3 Å². The van der Waals surface area contributed by atoms with Gasteiger partial charge in [0.2, 0.25) is 34.8 Å². The van der Waals surface area contributed by atoms with E-state index in [2.05, 4.69) is 0 Å². The van der Waals surface area contributed by atoms with E-state index in [9.17, 15) is 13.2 Å². The molecule has 0 aliphatic carbocycles. The van der Waals surface area contributed by atoms with Crippen LogP contribution in [0.15, 0.2) is 115 Å². The molecule has 0 bridgehead atoms. The van der Waals surface area contributed by atoms with E-state index in [1.165, 1.54) is 6.07 Å². The van der Waals surface area contributed by atoms with Gasteiger partial charge in [-0.2, -0.15) is 8.78 Å². The fourth-order valence-corrected chi connectivity index (χ4v) is 6.57. The van der Waals surface area contributed by atoms with Gasteiger partial charge in [0.15, 0.2) is 17.1 Å². The number of rotatable bonds is 5. The molecule has 0 fully saturated rings. The molecule has 7 aromatic rings. The maximum Gasteiger partial charge on any atom is 0.207 e. The SMILES string of the molecule is COc1ccc(C2(c3ccccc3)C=Cc3c(c(Oc4c(F)c(F)c(F)c(F)c4F)cc4c5ccccc5c5ccccc5c34)O2)cc1. The summed E-state index contributed by atoms with van der Waals surface area (Å²) in [4.78, 5) is 0. The van der Waals surface area contributed by atoms with E-state index in [1.54, 1.807) is 19.2 Å². The lowest BCUT2D eigenvalue weighted by Gasteiger charge is -2.37. The van der Waals surface area contributed by atoms with Crippen LogP contribution in [-0.4, -0.2) is 7.11 Å². The number of methoxy groups -OCH3 is 1. The molecule has 1 atom stereocenters. The highest BCUT2D eigenvalue weighted by atomic mass is 19.2. The highest BCUT2D eigenvalue weighted by Crippen LogP contribution is 2.52. The molecule has 0 saturated heterocycles. The van der Waals surface area contributed by atoms with Crippen LogP contribution in [-0.2, 0) is 5.60 Å². The number of ether oxygens (including phenoxy) is 3. The van der Waals surface area contributed by atoms with E-state index in [1.807, 2.05) is 103 Å². The van der Waals surface area contributed by atoms with Crippen molar-refractivity contribution in [2.24, 2.45) is 0 Å². The molecule has 0 N–H and O–H groups in total. The van der Waals surface area contributed by atoms with Crippen molar-refractivity contribution in [3.8, 4) is 23.0 Å². The molecule has 8 heteroatoms. The largest absolute Gasteiger partial charge is 0.497 e. The first kappa shape index (κ1) is 29.5. The molecule has 8 rings (SSSR count). The Morgan fingerprint density at radius 3 is 1.71 bits per heavy atom. The molecular formula is C40H23F5O3. The number of hydrogen-bond donors (Lipinski definition) is 0. The number of hydrogen-bond acceptors (Lipinski definition) is 3. The van der Waals surface area contributed by atoms with Gasteiger partial charge in [0.1, 0.15) is 5.75 Å². The van der Waals surface area contributed by atoms with Gasteiger partial charge in [-0.25, -0.2) is 13.2 Å². The minimum atomic E-state index is -2.28. The molecule has 1 heterocycles. The predicted molar refractivity (Wildman–Crippen MR) is 175 cm³/mol. The molecule has 236 valence electrons. The van der Waals surface area contributed by atoms with Crippen LogP contribution in [0.5, 0.6) is 23.0 Å². The van der Waals surface area contributed by atoms with E-state index in [-0.39, 0.29) is 11.5 Å². The normalized spacial score (nSPS) is 15.5. The van der Waals surface area contributed by atoms with Crippen LogP contribution in [0.3, 0.4) is 0 Å². The molecular weight excluding hydrogens is 623 g/mol. The molecule has 0 aromatic heterocycles. The van der Waals surface area contributed by atoms with Crippen molar-refractivity contribution in [3.63, 3.8) is 0 Å². The standard InChI is InChI=1S/C40H23F5O3/c1-46-24-17-15-23(16-18-24)40(22-9-3-2-4-10-22)20-19-29-32-28-14-8-7-12-26(28)25-11-5-6-13-27(25)30(32)21-31(38(29)48-40)47-39-36(44)34(42)33(41)35(43)37(39)45/h2-21H,1H3. The van der Waals surface area contributed by atoms with Crippen LogP contribution in [0.2, 0.25) is 0 Å². The van der Waals surface area contributed by atoms with Crippen molar-refractivity contribution < 1.29 is 36.2 Å². The topological polar surface area (TPSA) is 27.7 Å². The van der Waals surface area contributed by atoms with Crippen LogP contribution in [0.4, 0.5) is 22.0 Å². The number of halogens is 5. The van der Waals surface area contributed by atoms with E-state index in [4.69, 9.17) is 14.2 Å². The quantitative estimate of drug-likeness (QED) is 0.0806. The Labute approximate surface area is 271 Å². The van der Waals surface area contributed by atoms with Crippen molar-refractivity contribution in [2.75, 3.05) is 7.11 Å². The highest BCUT2D eigenvalue weighted by molar-refractivity contribution is 6.27. The van der Waals surface area contributed by atoms with Crippen molar-refractivity contribution in [2.45, 2.75) is 5.60 Å². The van der Waals surface area contributed by atoms with Gasteiger partial charge in [-0.3, -0.25) is 0 Å². The van der Waals surface area contributed by atoms with Crippen molar-refractivity contribution in [1.82, 2.24) is 0 Å². The minimum Gasteiger partial charge on any atom is -0.497 e. The van der Waals surface area contributed by atoms with Gasteiger partial charge in [0.05, 0.1) is 7.11 Å². The van der Waals surface area contributed by atoms with E-state index < -0.39 is 40.4 Å². The molecule has 1 aliphatic rings. The van der Waals surface area contributed by atoms with E-state index in [0.717, 1.165) is 26.9 Å². The Morgan fingerprint density at radius 1 is 0.562 bits per heavy atom. The lowest BCUT2D eigenvalue weighted by Crippen LogP contribution is -2.34. The van der Waals surface area contributed by atoms with Crippen LogP contribution < -0.4 is 14.2 Å². The summed E-state index contributed by atoms with van der Waals surface area (Å²) in [5.74, 6) is -11.7. The first-order valence-corrected chi connectivity index (χ1v) is 15.0. The Morgan fingerprint density at radius 2 is 1.08 bits per heavy atom. The maximum absolute atomic E-state index is 15.1. The molecule has 3 nitrogen and oxygen atoms in total. The summed E-state index contributed by atoms with van der Waals surface area (Å²) >= 11 is 0. The summed E-state index contributed by atoms with van der Waals surface area (Å²) in [6, 6.07) is 33.4. The zero-order valence-corrected chi connectivity index (χ0v) is 25.2. The van der Waals surface area contributed by atoms with Gasteiger partial charge in [0, 0.05) is 22.1 Å². The van der Waals surface area contributed by atoms with Crippen molar-refractivity contribution >= 4 is 38.4 Å². The smallest absolute Gasteiger partial charge is 0.207 e. The summed E-state index contributed by atoms with van der Waals surface area (Å²) in [5.41, 5.74) is 0.605. The maximum atomic E-state index is 15.1. The second-order valence-electron chi connectivity index (χ2n) is 11.4. The lowest BCUT2D eigenvalue weighted by molar-refractivity contribution is 0.155. The van der Waals surface area contributed by atoms with Crippen molar-refractivity contribution in [3.05, 3.63) is 161 Å². The Kier molecular flexibility index (Phi) is 6.84. The minimum absolute atomic E-state index is 0.0500. The molecule has 0 saturated carbocycles. The average Bonchev–Trinajstić information content (AvgIpc) is 3.15. The second kappa shape index (κ2) is 11.1. The molecule has 7 aromatic carbocycles. The van der Waals surface area contributed by atoms with Gasteiger partial charge in [-0.1, -0.05) is 91.0 Å². The van der Waals surface area contributed by atoms with Crippen LogP contribution in [0.1, 0.15) is 16.7 Å². The summed E-state index contributed by atoms with van der Waals surface area (Å²) in [6.45, 7) is 0. The zero-order chi connectivity index (χ0) is 33.2. The van der Waals surface area contributed by atoms with Gasteiger partial charge < -0.3 is 14.2 Å². The summed E-state index contributed by atoms with van der Waals surface area (Å²) in [6.07, 6.45) is 3.74. The summed E-state index contributed by atoms with van der Waals surface area (Å²) in [7, 11) is 1.55. The monoisotopic (exact) mass is 646 g/mol. The Hall–Kier alpha value is -5.89. The predicted octanol–water partition coefficient (Wildman–Crippen LogP) is 11.0. The third kappa shape index (κ3) is 4.32. The molecule has 0 amide bonds. The molecule has 0 radical (unpaired) electrons. The van der Waals surface area contributed by atoms with Gasteiger partial charge >= 0.3 is 0 Å². The highest BCUT2D eigenvalue weighted by Gasteiger charge is 2.40. The molecule has 1 unspecified atom stereocenters. The molecule has 0 spiro atoms. The van der Waals surface area contributed by atoms with Crippen molar-refractivity contribution in [1.29, 1.82) is 0 Å². The summed E-state index contributed by atoms with van der Waals surface area (Å²) < 4.78 is 91.2. The Bertz CT molecular complexity index is 2410. The third-order valence-corrected chi connectivity index (χ3v) is 8.84. The average molecular weight is 647 g/mol. The van der Waals surface area contributed by atoms with Crippen LogP contribution >= 0.6 is 0 Å². The van der Waals surface area contributed by atoms with Crippen LogP contribution in [0.25, 0.3) is 38.4 Å². The van der Waals surface area contributed by atoms with Gasteiger partial charge in [-0.15, -0.1) is 0 Å². The number of fused-ring (bicyclic) bond motifs is 8.